The number of Topliss-reactive ketones (excluding diaryl/α,β-unsaturated/α-hetero) is 1. The van der Waals surface area contributed by atoms with Crippen LogP contribution in [0.2, 0.25) is 0 Å². The van der Waals surface area contributed by atoms with Gasteiger partial charge in [-0.2, -0.15) is 0 Å². The summed E-state index contributed by atoms with van der Waals surface area (Å²) >= 11 is 0. The third-order valence-corrected chi connectivity index (χ3v) is 9.83. The van der Waals surface area contributed by atoms with Crippen molar-refractivity contribution in [2.45, 2.75) is 106 Å². The third-order valence-electron chi connectivity index (χ3n) is 9.83. The van der Waals surface area contributed by atoms with Gasteiger partial charge in [-0.25, -0.2) is 0 Å². The fourth-order valence-corrected chi connectivity index (χ4v) is 8.55. The first-order chi connectivity index (χ1) is 13.0. The van der Waals surface area contributed by atoms with Crippen LogP contribution < -0.4 is 0 Å². The molecular formula is C26H42O2. The summed E-state index contributed by atoms with van der Waals surface area (Å²) in [5.41, 5.74) is 1.89. The van der Waals surface area contributed by atoms with Crippen molar-refractivity contribution in [2.24, 2.45) is 39.9 Å². The van der Waals surface area contributed by atoms with Crippen LogP contribution in [0.4, 0.5) is 0 Å². The second-order valence-corrected chi connectivity index (χ2v) is 11.8. The topological polar surface area (TPSA) is 26.3 Å². The molecule has 0 heterocycles. The molecule has 4 aliphatic rings. The smallest absolute Gasteiger partial charge is 0.142 e. The Morgan fingerprint density at radius 3 is 2.39 bits per heavy atom. The number of allylic oxidation sites excluding steroid dienone is 2. The van der Waals surface area contributed by atoms with Gasteiger partial charge in [0.15, 0.2) is 0 Å². The normalized spacial score (nSPS) is 45.9. The monoisotopic (exact) mass is 386 g/mol. The van der Waals surface area contributed by atoms with Gasteiger partial charge in [-0.1, -0.05) is 25.5 Å². The minimum Gasteiger partial charge on any atom is -0.376 e. The van der Waals surface area contributed by atoms with E-state index in [1.807, 2.05) is 0 Å². The van der Waals surface area contributed by atoms with Crippen molar-refractivity contribution < 1.29 is 9.53 Å². The molecule has 3 fully saturated rings. The van der Waals surface area contributed by atoms with E-state index in [1.54, 1.807) is 0 Å². The van der Waals surface area contributed by atoms with E-state index in [0.717, 1.165) is 30.6 Å². The third kappa shape index (κ3) is 2.80. The van der Waals surface area contributed by atoms with Gasteiger partial charge in [-0.3, -0.25) is 4.79 Å². The SMILES string of the molecule is CC(C)OC(C)C1CCC2C3CC=C4C(C)(C)C(=O)CCC4(C)C3CCC12C. The Bertz CT molecular complexity index is 674. The molecule has 4 aliphatic carbocycles. The van der Waals surface area contributed by atoms with Crippen LogP contribution in [-0.2, 0) is 9.53 Å². The molecule has 7 unspecified atom stereocenters. The van der Waals surface area contributed by atoms with Crippen LogP contribution in [0.15, 0.2) is 11.6 Å². The van der Waals surface area contributed by atoms with E-state index in [4.69, 9.17) is 4.74 Å². The Balaban J connectivity index is 1.63. The van der Waals surface area contributed by atoms with Gasteiger partial charge >= 0.3 is 0 Å². The standard InChI is InChI=1S/C26H42O2/c1-16(2)28-17(3)19-9-10-20-18-8-11-22-24(4,5)23(27)13-15-26(22,7)21(18)12-14-25(19,20)6/h11,16-21H,8-10,12-15H2,1-7H3. The lowest BCUT2D eigenvalue weighted by atomic mass is 9.44. The highest BCUT2D eigenvalue weighted by molar-refractivity contribution is 5.89. The molecular weight excluding hydrogens is 344 g/mol. The Labute approximate surface area is 172 Å². The zero-order chi connectivity index (χ0) is 20.5. The molecule has 0 saturated heterocycles. The van der Waals surface area contributed by atoms with Crippen molar-refractivity contribution >= 4 is 5.78 Å². The predicted molar refractivity (Wildman–Crippen MR) is 115 cm³/mol. The lowest BCUT2D eigenvalue weighted by Gasteiger charge is -2.60. The van der Waals surface area contributed by atoms with Gasteiger partial charge in [-0.05, 0) is 108 Å². The molecule has 28 heavy (non-hydrogen) atoms. The largest absolute Gasteiger partial charge is 0.376 e. The number of carbonyl (C=O) groups excluding carboxylic acids is 1. The van der Waals surface area contributed by atoms with Gasteiger partial charge in [0.2, 0.25) is 0 Å². The average molecular weight is 387 g/mol. The molecule has 0 spiro atoms. The minimum absolute atomic E-state index is 0.236. The summed E-state index contributed by atoms with van der Waals surface area (Å²) in [7, 11) is 0. The summed E-state index contributed by atoms with van der Waals surface area (Å²) in [6, 6.07) is 0. The van der Waals surface area contributed by atoms with Gasteiger partial charge < -0.3 is 4.74 Å². The van der Waals surface area contributed by atoms with Crippen molar-refractivity contribution in [3.8, 4) is 0 Å². The molecule has 158 valence electrons. The van der Waals surface area contributed by atoms with Crippen LogP contribution in [0, 0.1) is 39.9 Å². The molecule has 0 bridgehead atoms. The highest BCUT2D eigenvalue weighted by Crippen LogP contribution is 2.68. The predicted octanol–water partition coefficient (Wildman–Crippen LogP) is 6.58. The van der Waals surface area contributed by atoms with Crippen molar-refractivity contribution in [3.05, 3.63) is 11.6 Å². The van der Waals surface area contributed by atoms with Gasteiger partial charge in [0.25, 0.3) is 0 Å². The maximum atomic E-state index is 12.7. The summed E-state index contributed by atoms with van der Waals surface area (Å²) in [5.74, 6) is 3.54. The summed E-state index contributed by atoms with van der Waals surface area (Å²) in [4.78, 5) is 12.7. The Kier molecular flexibility index (Phi) is 4.93. The fraction of sp³-hybridized carbons (Fsp3) is 0.885. The van der Waals surface area contributed by atoms with Crippen LogP contribution in [-0.4, -0.2) is 18.0 Å². The minimum atomic E-state index is -0.253. The maximum Gasteiger partial charge on any atom is 0.142 e. The van der Waals surface area contributed by atoms with Crippen LogP contribution in [0.3, 0.4) is 0 Å². The van der Waals surface area contributed by atoms with E-state index in [1.165, 1.54) is 37.7 Å². The molecule has 7 atom stereocenters. The van der Waals surface area contributed by atoms with E-state index in [-0.39, 0.29) is 10.8 Å². The first kappa shape index (κ1) is 20.6. The highest BCUT2D eigenvalue weighted by atomic mass is 16.5. The van der Waals surface area contributed by atoms with Crippen molar-refractivity contribution in [3.63, 3.8) is 0 Å². The van der Waals surface area contributed by atoms with Crippen LogP contribution >= 0.6 is 0 Å². The Morgan fingerprint density at radius 1 is 1.00 bits per heavy atom. The molecule has 0 amide bonds. The van der Waals surface area contributed by atoms with E-state index < -0.39 is 0 Å². The lowest BCUT2D eigenvalue weighted by molar-refractivity contribution is -0.133. The van der Waals surface area contributed by atoms with Gasteiger partial charge in [0, 0.05) is 11.8 Å². The number of hydrogen-bond donors (Lipinski definition) is 0. The summed E-state index contributed by atoms with van der Waals surface area (Å²) in [5, 5.41) is 0. The maximum absolute atomic E-state index is 12.7. The lowest BCUT2D eigenvalue weighted by Crippen LogP contribution is -2.54. The molecule has 4 rings (SSSR count). The second kappa shape index (κ2) is 6.69. The van der Waals surface area contributed by atoms with Gasteiger partial charge in [0.05, 0.1) is 12.2 Å². The molecule has 2 heteroatoms. The van der Waals surface area contributed by atoms with E-state index in [9.17, 15) is 4.79 Å². The number of carbonyl (C=O) groups is 1. The first-order valence-corrected chi connectivity index (χ1v) is 11.9. The summed E-state index contributed by atoms with van der Waals surface area (Å²) in [6.07, 6.45) is 11.6. The number of rotatable bonds is 3. The van der Waals surface area contributed by atoms with E-state index >= 15 is 0 Å². The van der Waals surface area contributed by atoms with Crippen LogP contribution in [0.5, 0.6) is 0 Å². The van der Waals surface area contributed by atoms with Crippen molar-refractivity contribution in [1.29, 1.82) is 0 Å². The number of ether oxygens (including phenoxy) is 1. The molecule has 0 aromatic heterocycles. The van der Waals surface area contributed by atoms with Crippen molar-refractivity contribution in [2.75, 3.05) is 0 Å². The average Bonchev–Trinajstić information content (AvgIpc) is 2.95. The molecule has 0 aliphatic heterocycles. The Hall–Kier alpha value is -0.630. The zero-order valence-electron chi connectivity index (χ0n) is 19.3. The second-order valence-electron chi connectivity index (χ2n) is 11.8. The number of hydrogen-bond acceptors (Lipinski definition) is 2. The van der Waals surface area contributed by atoms with Gasteiger partial charge in [0.1, 0.15) is 5.78 Å². The quantitative estimate of drug-likeness (QED) is 0.512. The van der Waals surface area contributed by atoms with E-state index in [2.05, 4.69) is 54.5 Å². The van der Waals surface area contributed by atoms with E-state index in [0.29, 0.717) is 29.3 Å². The van der Waals surface area contributed by atoms with Crippen LogP contribution in [0.25, 0.3) is 0 Å². The summed E-state index contributed by atoms with van der Waals surface area (Å²) in [6.45, 7) is 16.1. The molecule has 0 N–H and O–H groups in total. The van der Waals surface area contributed by atoms with Crippen LogP contribution in [0.1, 0.15) is 93.4 Å². The van der Waals surface area contributed by atoms with Crippen molar-refractivity contribution in [1.82, 2.24) is 0 Å². The molecule has 0 aromatic rings. The van der Waals surface area contributed by atoms with Gasteiger partial charge in [-0.15, -0.1) is 0 Å². The molecule has 0 radical (unpaired) electrons. The summed E-state index contributed by atoms with van der Waals surface area (Å²) < 4.78 is 6.28. The molecule has 2 nitrogen and oxygen atoms in total. The zero-order valence-corrected chi connectivity index (χ0v) is 19.3. The molecule has 3 saturated carbocycles. The first-order valence-electron chi connectivity index (χ1n) is 11.9. The Morgan fingerprint density at radius 2 is 1.71 bits per heavy atom. The fourth-order valence-electron chi connectivity index (χ4n) is 8.55. The molecule has 0 aromatic carbocycles. The highest BCUT2D eigenvalue weighted by Gasteiger charge is 2.61. The number of fused-ring (bicyclic) bond motifs is 5. The number of ketones is 1.